The second-order valence-electron chi connectivity index (χ2n) is 6.45. The first-order chi connectivity index (χ1) is 13.1. The van der Waals surface area contributed by atoms with Crippen LogP contribution in [0.25, 0.3) is 11.4 Å². The number of aryl methyl sites for hydroxylation is 1. The van der Waals surface area contributed by atoms with Crippen LogP contribution in [0.1, 0.15) is 32.1 Å². The number of hydrogen-bond acceptors (Lipinski definition) is 6. The van der Waals surface area contributed by atoms with Crippen LogP contribution in [0.3, 0.4) is 0 Å². The van der Waals surface area contributed by atoms with Gasteiger partial charge in [0.25, 0.3) is 0 Å². The van der Waals surface area contributed by atoms with E-state index in [1.807, 2.05) is 0 Å². The molecule has 0 radical (unpaired) electrons. The number of piperidine rings is 1. The first-order valence-corrected chi connectivity index (χ1v) is 9.09. The molecule has 7 nitrogen and oxygen atoms in total. The molecule has 8 heteroatoms. The van der Waals surface area contributed by atoms with Crippen molar-refractivity contribution in [3.05, 3.63) is 36.0 Å². The minimum atomic E-state index is -0.337. The molecule has 0 unspecified atom stereocenters. The number of likely N-dealkylation sites (tertiary alicyclic amines) is 1. The highest BCUT2D eigenvalue weighted by molar-refractivity contribution is 5.78. The lowest BCUT2D eigenvalue weighted by Crippen LogP contribution is -2.42. The predicted octanol–water partition coefficient (Wildman–Crippen LogP) is 2.61. The lowest BCUT2D eigenvalue weighted by Gasteiger charge is -2.31. The van der Waals surface area contributed by atoms with Gasteiger partial charge in [-0.05, 0) is 44.0 Å². The van der Waals surface area contributed by atoms with Crippen LogP contribution < -0.4 is 0 Å². The Kier molecular flexibility index (Phi) is 6.16. The third-order valence-corrected chi connectivity index (χ3v) is 4.52. The van der Waals surface area contributed by atoms with Gasteiger partial charge in [-0.1, -0.05) is 5.16 Å². The van der Waals surface area contributed by atoms with E-state index in [2.05, 4.69) is 10.1 Å². The summed E-state index contributed by atoms with van der Waals surface area (Å²) in [6.45, 7) is 3.15. The Bertz CT molecular complexity index is 791. The molecule has 1 saturated heterocycles. The minimum Gasteiger partial charge on any atom is -0.466 e. The van der Waals surface area contributed by atoms with E-state index >= 15 is 0 Å². The largest absolute Gasteiger partial charge is 0.466 e. The van der Waals surface area contributed by atoms with Gasteiger partial charge in [-0.15, -0.1) is 0 Å². The molecule has 1 atom stereocenters. The number of ether oxygens (including phenoxy) is 1. The lowest BCUT2D eigenvalue weighted by molar-refractivity contribution is -0.151. The number of benzene rings is 1. The van der Waals surface area contributed by atoms with E-state index in [1.54, 1.807) is 24.0 Å². The summed E-state index contributed by atoms with van der Waals surface area (Å²) >= 11 is 0. The van der Waals surface area contributed by atoms with Gasteiger partial charge in [0.15, 0.2) is 0 Å². The van der Waals surface area contributed by atoms with Crippen molar-refractivity contribution in [1.82, 2.24) is 15.0 Å². The van der Waals surface area contributed by atoms with Crippen LogP contribution in [-0.2, 0) is 20.7 Å². The number of hydrogen-bond donors (Lipinski definition) is 0. The predicted molar refractivity (Wildman–Crippen MR) is 94.0 cm³/mol. The van der Waals surface area contributed by atoms with E-state index < -0.39 is 0 Å². The normalized spacial score (nSPS) is 17.0. The molecule has 1 aliphatic heterocycles. The zero-order valence-electron chi connectivity index (χ0n) is 15.2. The number of amides is 1. The maximum Gasteiger partial charge on any atom is 0.310 e. The van der Waals surface area contributed by atoms with E-state index in [9.17, 15) is 14.0 Å². The van der Waals surface area contributed by atoms with Crippen molar-refractivity contribution in [2.24, 2.45) is 5.92 Å². The smallest absolute Gasteiger partial charge is 0.310 e. The summed E-state index contributed by atoms with van der Waals surface area (Å²) in [7, 11) is 0. The number of nitrogens with zero attached hydrogens (tertiary/aromatic N) is 3. The fourth-order valence-electron chi connectivity index (χ4n) is 3.10. The maximum atomic E-state index is 13.0. The van der Waals surface area contributed by atoms with Crippen LogP contribution in [0.5, 0.6) is 0 Å². The molecule has 1 aromatic heterocycles. The van der Waals surface area contributed by atoms with Crippen molar-refractivity contribution >= 4 is 11.9 Å². The molecule has 1 aromatic carbocycles. The van der Waals surface area contributed by atoms with Gasteiger partial charge in [-0.25, -0.2) is 4.39 Å². The van der Waals surface area contributed by atoms with E-state index in [1.165, 1.54) is 12.1 Å². The Labute approximate surface area is 156 Å². The SMILES string of the molecule is CCOC(=O)[C@@H]1CCCN(C(=O)CCc2nc(-c3ccc(F)cc3)no2)C1. The van der Waals surface area contributed by atoms with Gasteiger partial charge in [0.1, 0.15) is 5.82 Å². The van der Waals surface area contributed by atoms with E-state index in [0.29, 0.717) is 43.4 Å². The first-order valence-electron chi connectivity index (χ1n) is 9.09. The average Bonchev–Trinajstić information content (AvgIpc) is 3.16. The fraction of sp³-hybridized carbons (Fsp3) is 0.474. The van der Waals surface area contributed by atoms with Crippen molar-refractivity contribution in [2.45, 2.75) is 32.6 Å². The Morgan fingerprint density at radius 3 is 2.85 bits per heavy atom. The first kappa shape index (κ1) is 19.0. The average molecular weight is 375 g/mol. The zero-order chi connectivity index (χ0) is 19.2. The number of esters is 1. The topological polar surface area (TPSA) is 85.5 Å². The summed E-state index contributed by atoms with van der Waals surface area (Å²) in [5.41, 5.74) is 0.644. The highest BCUT2D eigenvalue weighted by Gasteiger charge is 2.29. The number of carbonyl (C=O) groups is 2. The van der Waals surface area contributed by atoms with E-state index in [4.69, 9.17) is 9.26 Å². The Morgan fingerprint density at radius 1 is 1.33 bits per heavy atom. The van der Waals surface area contributed by atoms with Gasteiger partial charge < -0.3 is 14.2 Å². The highest BCUT2D eigenvalue weighted by atomic mass is 19.1. The van der Waals surface area contributed by atoms with Crippen LogP contribution in [0.15, 0.2) is 28.8 Å². The minimum absolute atomic E-state index is 0.0504. The van der Waals surface area contributed by atoms with Gasteiger partial charge >= 0.3 is 5.97 Å². The van der Waals surface area contributed by atoms with Gasteiger partial charge in [-0.3, -0.25) is 9.59 Å². The van der Waals surface area contributed by atoms with Crippen LogP contribution >= 0.6 is 0 Å². The monoisotopic (exact) mass is 375 g/mol. The number of carbonyl (C=O) groups excluding carboxylic acids is 2. The molecule has 0 saturated carbocycles. The Balaban J connectivity index is 1.53. The molecule has 144 valence electrons. The summed E-state index contributed by atoms with van der Waals surface area (Å²) < 4.78 is 23.2. The third-order valence-electron chi connectivity index (χ3n) is 4.52. The summed E-state index contributed by atoms with van der Waals surface area (Å²) in [6.07, 6.45) is 2.06. The van der Waals surface area contributed by atoms with Crippen LogP contribution in [-0.4, -0.2) is 46.6 Å². The lowest BCUT2D eigenvalue weighted by atomic mass is 9.98. The van der Waals surface area contributed by atoms with Crippen molar-refractivity contribution in [3.63, 3.8) is 0 Å². The Morgan fingerprint density at radius 2 is 2.11 bits per heavy atom. The molecule has 1 fully saturated rings. The van der Waals surface area contributed by atoms with Crippen molar-refractivity contribution in [3.8, 4) is 11.4 Å². The molecule has 2 heterocycles. The van der Waals surface area contributed by atoms with Gasteiger partial charge in [0.2, 0.25) is 17.6 Å². The van der Waals surface area contributed by atoms with Gasteiger partial charge in [-0.2, -0.15) is 4.98 Å². The van der Waals surface area contributed by atoms with Crippen LogP contribution in [0.2, 0.25) is 0 Å². The number of halogens is 1. The van der Waals surface area contributed by atoms with Gasteiger partial charge in [0, 0.05) is 31.5 Å². The summed E-state index contributed by atoms with van der Waals surface area (Å²) in [6, 6.07) is 5.78. The Hall–Kier alpha value is -2.77. The van der Waals surface area contributed by atoms with Gasteiger partial charge in [0.05, 0.1) is 12.5 Å². The molecule has 0 spiro atoms. The molecule has 2 aromatic rings. The molecule has 1 aliphatic rings. The second-order valence-corrected chi connectivity index (χ2v) is 6.45. The molecule has 0 bridgehead atoms. The molecule has 0 aliphatic carbocycles. The molecular weight excluding hydrogens is 353 g/mol. The molecular formula is C19H22FN3O4. The van der Waals surface area contributed by atoms with Crippen LogP contribution in [0.4, 0.5) is 4.39 Å². The molecule has 1 amide bonds. The van der Waals surface area contributed by atoms with Crippen molar-refractivity contribution in [2.75, 3.05) is 19.7 Å². The molecule has 0 N–H and O–H groups in total. The second kappa shape index (κ2) is 8.75. The molecule has 27 heavy (non-hydrogen) atoms. The van der Waals surface area contributed by atoms with Crippen LogP contribution in [0, 0.1) is 11.7 Å². The van der Waals surface area contributed by atoms with E-state index in [0.717, 1.165) is 12.8 Å². The molecule has 3 rings (SSSR count). The highest BCUT2D eigenvalue weighted by Crippen LogP contribution is 2.20. The third kappa shape index (κ3) is 4.90. The fourth-order valence-corrected chi connectivity index (χ4v) is 3.10. The summed E-state index contributed by atoms with van der Waals surface area (Å²) in [5.74, 6) is -0.173. The number of aromatic nitrogens is 2. The summed E-state index contributed by atoms with van der Waals surface area (Å²) in [4.78, 5) is 30.3. The van der Waals surface area contributed by atoms with Crippen molar-refractivity contribution in [1.29, 1.82) is 0 Å². The standard InChI is InChI=1S/C19H22FN3O4/c1-2-26-19(25)14-4-3-11-23(12-14)17(24)10-9-16-21-18(22-27-16)13-5-7-15(20)8-6-13/h5-8,14H,2-4,9-12H2,1H3/t14-/m1/s1. The van der Waals surface area contributed by atoms with Crippen molar-refractivity contribution < 1.29 is 23.2 Å². The maximum absolute atomic E-state index is 13.0. The van der Waals surface area contributed by atoms with E-state index in [-0.39, 0.29) is 30.0 Å². The number of rotatable bonds is 6. The summed E-state index contributed by atoms with van der Waals surface area (Å²) in [5, 5.41) is 3.87. The quantitative estimate of drug-likeness (QED) is 0.722. The zero-order valence-corrected chi connectivity index (χ0v) is 15.2.